The first-order valence-electron chi connectivity index (χ1n) is 9.19. The van der Waals surface area contributed by atoms with E-state index in [-0.39, 0.29) is 11.3 Å². The Balaban J connectivity index is 1.90. The molecule has 0 aliphatic carbocycles. The number of nitrogens with zero attached hydrogens (tertiary/aromatic N) is 1. The second-order valence-electron chi connectivity index (χ2n) is 6.89. The smallest absolute Gasteiger partial charge is 0.326 e. The molecule has 2 aromatic carbocycles. The van der Waals surface area contributed by atoms with E-state index in [2.05, 4.69) is 10.6 Å². The number of ether oxygens (including phenoxy) is 1. The van der Waals surface area contributed by atoms with E-state index in [1.54, 1.807) is 0 Å². The summed E-state index contributed by atoms with van der Waals surface area (Å²) in [4.78, 5) is 46.6. The number of benzene rings is 2. The Hall–Kier alpha value is -3.75. The quantitative estimate of drug-likeness (QED) is 0.408. The molecule has 0 fully saturated rings. The van der Waals surface area contributed by atoms with Crippen LogP contribution >= 0.6 is 0 Å². The first-order valence-corrected chi connectivity index (χ1v) is 9.19. The maximum atomic E-state index is 12.4. The molecule has 9 heteroatoms. The molecule has 2 N–H and O–H groups in total. The van der Waals surface area contributed by atoms with Gasteiger partial charge in [-0.15, -0.1) is 0 Å². The van der Waals surface area contributed by atoms with E-state index in [4.69, 9.17) is 4.74 Å². The normalized spacial score (nSPS) is 11.3. The summed E-state index contributed by atoms with van der Waals surface area (Å²) in [6.45, 7) is 6.64. The van der Waals surface area contributed by atoms with Gasteiger partial charge >= 0.3 is 5.97 Å². The molecule has 1 atom stereocenters. The van der Waals surface area contributed by atoms with Crippen LogP contribution < -0.4 is 10.6 Å². The first-order chi connectivity index (χ1) is 14.1. The minimum Gasteiger partial charge on any atom is -0.451 e. The van der Waals surface area contributed by atoms with E-state index in [1.165, 1.54) is 25.1 Å². The second-order valence-corrected chi connectivity index (χ2v) is 6.89. The van der Waals surface area contributed by atoms with E-state index in [9.17, 15) is 24.5 Å². The van der Waals surface area contributed by atoms with Gasteiger partial charge in [0.2, 0.25) is 0 Å². The standard InChI is InChI=1S/C21H23N3O6/c1-12-8-13(2)19(14(3)9-12)23-20(26)15(4)30-18(25)11-22-21(27)16-6-5-7-17(10-16)24(28)29/h5-10,15H,11H2,1-4H3,(H,22,27)(H,23,26)/t15-/m0/s1. The van der Waals surface area contributed by atoms with Crippen molar-refractivity contribution in [3.05, 3.63) is 68.8 Å². The van der Waals surface area contributed by atoms with E-state index >= 15 is 0 Å². The van der Waals surface area contributed by atoms with Crippen LogP contribution in [0.3, 0.4) is 0 Å². The molecule has 2 rings (SSSR count). The van der Waals surface area contributed by atoms with Gasteiger partial charge in [0.25, 0.3) is 17.5 Å². The van der Waals surface area contributed by atoms with E-state index < -0.39 is 35.4 Å². The Morgan fingerprint density at radius 1 is 1.10 bits per heavy atom. The van der Waals surface area contributed by atoms with Crippen molar-refractivity contribution in [2.24, 2.45) is 0 Å². The molecule has 0 saturated carbocycles. The Labute approximate surface area is 173 Å². The third-order valence-electron chi connectivity index (χ3n) is 4.32. The molecule has 0 radical (unpaired) electrons. The lowest BCUT2D eigenvalue weighted by Crippen LogP contribution is -2.36. The highest BCUT2D eigenvalue weighted by molar-refractivity contribution is 5.98. The number of carbonyl (C=O) groups is 3. The van der Waals surface area contributed by atoms with Gasteiger partial charge in [-0.1, -0.05) is 23.8 Å². The molecule has 0 unspecified atom stereocenters. The molecule has 9 nitrogen and oxygen atoms in total. The summed E-state index contributed by atoms with van der Waals surface area (Å²) in [5, 5.41) is 15.8. The molecule has 0 aliphatic rings. The summed E-state index contributed by atoms with van der Waals surface area (Å²) in [6.07, 6.45) is -1.08. The number of hydrogen-bond acceptors (Lipinski definition) is 6. The third-order valence-corrected chi connectivity index (χ3v) is 4.32. The Morgan fingerprint density at radius 2 is 1.73 bits per heavy atom. The molecule has 2 aromatic rings. The highest BCUT2D eigenvalue weighted by atomic mass is 16.6. The molecular weight excluding hydrogens is 390 g/mol. The number of esters is 1. The fourth-order valence-corrected chi connectivity index (χ4v) is 2.91. The number of aryl methyl sites for hydroxylation is 3. The molecule has 0 saturated heterocycles. The SMILES string of the molecule is Cc1cc(C)c(NC(=O)[C@H](C)OC(=O)CNC(=O)c2cccc([N+](=O)[O-])c2)c(C)c1. The van der Waals surface area contributed by atoms with Gasteiger partial charge < -0.3 is 15.4 Å². The van der Waals surface area contributed by atoms with Crippen LogP contribution in [0.4, 0.5) is 11.4 Å². The number of hydrogen-bond donors (Lipinski definition) is 2. The van der Waals surface area contributed by atoms with Gasteiger partial charge in [0.1, 0.15) is 6.54 Å². The fraction of sp³-hybridized carbons (Fsp3) is 0.286. The maximum absolute atomic E-state index is 12.4. The van der Waals surface area contributed by atoms with E-state index in [0.717, 1.165) is 22.8 Å². The summed E-state index contributed by atoms with van der Waals surface area (Å²) in [6, 6.07) is 8.97. The van der Waals surface area contributed by atoms with Crippen molar-refractivity contribution in [2.75, 3.05) is 11.9 Å². The van der Waals surface area contributed by atoms with Crippen LogP contribution in [0.2, 0.25) is 0 Å². The van der Waals surface area contributed by atoms with Gasteiger partial charge in [-0.2, -0.15) is 0 Å². The average molecular weight is 413 g/mol. The number of nitro groups is 1. The number of non-ortho nitro benzene ring substituents is 1. The van der Waals surface area contributed by atoms with Gasteiger partial charge in [-0.05, 0) is 44.9 Å². The minimum atomic E-state index is -1.08. The number of amides is 2. The summed E-state index contributed by atoms with van der Waals surface area (Å²) in [7, 11) is 0. The van der Waals surface area contributed by atoms with Gasteiger partial charge in [-0.3, -0.25) is 24.5 Å². The van der Waals surface area contributed by atoms with Crippen molar-refractivity contribution >= 4 is 29.2 Å². The third kappa shape index (κ3) is 5.87. The molecule has 0 bridgehead atoms. The van der Waals surface area contributed by atoms with Gasteiger partial charge in [0.05, 0.1) is 4.92 Å². The zero-order chi connectivity index (χ0) is 22.4. The molecule has 158 valence electrons. The number of anilines is 1. The number of nitro benzene ring substituents is 1. The summed E-state index contributed by atoms with van der Waals surface area (Å²) in [5.41, 5.74) is 3.31. The van der Waals surface area contributed by atoms with Crippen LogP contribution in [0, 0.1) is 30.9 Å². The lowest BCUT2D eigenvalue weighted by Gasteiger charge is -2.17. The molecule has 30 heavy (non-hydrogen) atoms. The molecule has 0 aromatic heterocycles. The molecule has 2 amide bonds. The van der Waals surface area contributed by atoms with Crippen molar-refractivity contribution in [1.82, 2.24) is 5.32 Å². The van der Waals surface area contributed by atoms with E-state index in [1.807, 2.05) is 32.9 Å². The van der Waals surface area contributed by atoms with Crippen LogP contribution in [-0.4, -0.2) is 35.4 Å². The zero-order valence-corrected chi connectivity index (χ0v) is 17.1. The van der Waals surface area contributed by atoms with Crippen molar-refractivity contribution in [2.45, 2.75) is 33.8 Å². The summed E-state index contributed by atoms with van der Waals surface area (Å²) in [5.74, 6) is -1.98. The van der Waals surface area contributed by atoms with Gasteiger partial charge in [0, 0.05) is 23.4 Å². The van der Waals surface area contributed by atoms with Crippen molar-refractivity contribution in [3.63, 3.8) is 0 Å². The second kappa shape index (κ2) is 9.64. The van der Waals surface area contributed by atoms with Crippen LogP contribution in [-0.2, 0) is 14.3 Å². The fourth-order valence-electron chi connectivity index (χ4n) is 2.91. The predicted molar refractivity (Wildman–Crippen MR) is 110 cm³/mol. The molecular formula is C21H23N3O6. The number of nitrogens with one attached hydrogen (secondary N) is 2. The van der Waals surface area contributed by atoms with Crippen LogP contribution in [0.5, 0.6) is 0 Å². The highest BCUT2D eigenvalue weighted by Gasteiger charge is 2.20. The lowest BCUT2D eigenvalue weighted by atomic mass is 10.0. The monoisotopic (exact) mass is 413 g/mol. The van der Waals surface area contributed by atoms with Gasteiger partial charge in [0.15, 0.2) is 6.10 Å². The topological polar surface area (TPSA) is 128 Å². The average Bonchev–Trinajstić information content (AvgIpc) is 2.68. The zero-order valence-electron chi connectivity index (χ0n) is 17.1. The Morgan fingerprint density at radius 3 is 2.33 bits per heavy atom. The van der Waals surface area contributed by atoms with Crippen LogP contribution in [0.15, 0.2) is 36.4 Å². The number of rotatable bonds is 7. The number of carbonyl (C=O) groups excluding carboxylic acids is 3. The van der Waals surface area contributed by atoms with E-state index in [0.29, 0.717) is 5.69 Å². The van der Waals surface area contributed by atoms with Crippen molar-refractivity contribution in [3.8, 4) is 0 Å². The van der Waals surface area contributed by atoms with Crippen molar-refractivity contribution in [1.29, 1.82) is 0 Å². The maximum Gasteiger partial charge on any atom is 0.326 e. The lowest BCUT2D eigenvalue weighted by molar-refractivity contribution is -0.384. The van der Waals surface area contributed by atoms with Crippen LogP contribution in [0.1, 0.15) is 34.0 Å². The molecule has 0 spiro atoms. The largest absolute Gasteiger partial charge is 0.451 e. The summed E-state index contributed by atoms with van der Waals surface area (Å²) < 4.78 is 5.06. The van der Waals surface area contributed by atoms with Gasteiger partial charge in [-0.25, -0.2) is 0 Å². The van der Waals surface area contributed by atoms with Crippen molar-refractivity contribution < 1.29 is 24.0 Å². The first kappa shape index (κ1) is 22.5. The van der Waals surface area contributed by atoms with Crippen LogP contribution in [0.25, 0.3) is 0 Å². The molecule has 0 heterocycles. The molecule has 0 aliphatic heterocycles. The Bertz CT molecular complexity index is 979. The Kier molecular flexibility index (Phi) is 7.24. The highest BCUT2D eigenvalue weighted by Crippen LogP contribution is 2.22. The minimum absolute atomic E-state index is 0.0353. The predicted octanol–water partition coefficient (Wildman–Crippen LogP) is 2.82. The summed E-state index contributed by atoms with van der Waals surface area (Å²) >= 11 is 0.